The molecule has 1 saturated heterocycles. The van der Waals surface area contributed by atoms with Crippen LogP contribution in [0.25, 0.3) is 0 Å². The van der Waals surface area contributed by atoms with Crippen LogP contribution in [-0.4, -0.2) is 54.2 Å². The third kappa shape index (κ3) is 4.02. The van der Waals surface area contributed by atoms with Crippen LogP contribution in [0.4, 0.5) is 11.5 Å². The lowest BCUT2D eigenvalue weighted by Crippen LogP contribution is -2.39. The monoisotopic (exact) mass is 286 g/mol. The maximum Gasteiger partial charge on any atom is 0.312 e. The van der Waals surface area contributed by atoms with Crippen LogP contribution < -0.4 is 5.32 Å². The molecule has 2 rings (SSSR count). The molecule has 0 amide bonds. The van der Waals surface area contributed by atoms with Crippen molar-refractivity contribution >= 4 is 23.1 Å². The minimum absolute atomic E-state index is 0.102. The van der Waals surface area contributed by atoms with E-state index in [0.29, 0.717) is 6.54 Å². The van der Waals surface area contributed by atoms with Gasteiger partial charge in [0.05, 0.1) is 23.2 Å². The maximum atomic E-state index is 10.9. The summed E-state index contributed by atoms with van der Waals surface area (Å²) in [6.07, 6.45) is 1.39. The molecule has 19 heavy (non-hydrogen) atoms. The summed E-state index contributed by atoms with van der Waals surface area (Å²) in [7, 11) is 0. The fourth-order valence-corrected chi connectivity index (χ4v) is 2.01. The molecule has 1 aliphatic heterocycles. The van der Waals surface area contributed by atoms with Gasteiger partial charge in [-0.3, -0.25) is 15.0 Å². The van der Waals surface area contributed by atoms with Crippen molar-refractivity contribution < 1.29 is 9.66 Å². The van der Waals surface area contributed by atoms with E-state index in [1.807, 2.05) is 0 Å². The summed E-state index contributed by atoms with van der Waals surface area (Å²) in [4.78, 5) is 16.6. The number of nitro groups is 1. The van der Waals surface area contributed by atoms with Crippen LogP contribution in [0.1, 0.15) is 0 Å². The lowest BCUT2D eigenvalue weighted by atomic mass is 10.3. The summed E-state index contributed by atoms with van der Waals surface area (Å²) in [5.41, 5.74) is -0.102. The molecule has 0 bridgehead atoms. The molecule has 1 aromatic heterocycles. The molecule has 0 spiro atoms. The van der Waals surface area contributed by atoms with Crippen LogP contribution in [-0.2, 0) is 4.74 Å². The van der Waals surface area contributed by atoms with Gasteiger partial charge in [0.2, 0.25) is 5.82 Å². The third-order valence-corrected chi connectivity index (χ3v) is 3.06. The average molecular weight is 287 g/mol. The minimum Gasteiger partial charge on any atom is -0.379 e. The highest BCUT2D eigenvalue weighted by atomic mass is 35.5. The molecule has 2 heterocycles. The first-order valence-corrected chi connectivity index (χ1v) is 6.38. The van der Waals surface area contributed by atoms with Gasteiger partial charge in [-0.15, -0.1) is 0 Å². The second-order valence-electron chi connectivity index (χ2n) is 4.16. The van der Waals surface area contributed by atoms with E-state index in [0.717, 1.165) is 32.8 Å². The number of anilines is 1. The highest BCUT2D eigenvalue weighted by molar-refractivity contribution is 6.30. The van der Waals surface area contributed by atoms with E-state index in [2.05, 4.69) is 15.2 Å². The number of nitrogens with one attached hydrogen (secondary N) is 1. The molecule has 1 aliphatic rings. The zero-order valence-corrected chi connectivity index (χ0v) is 11.1. The Morgan fingerprint density at radius 1 is 1.53 bits per heavy atom. The predicted molar refractivity (Wildman–Crippen MR) is 71.7 cm³/mol. The Labute approximate surface area is 115 Å². The maximum absolute atomic E-state index is 10.9. The number of aromatic nitrogens is 1. The van der Waals surface area contributed by atoms with Crippen molar-refractivity contribution in [2.45, 2.75) is 0 Å². The van der Waals surface area contributed by atoms with Gasteiger partial charge in [0.1, 0.15) is 0 Å². The van der Waals surface area contributed by atoms with E-state index < -0.39 is 4.92 Å². The molecular weight excluding hydrogens is 272 g/mol. The van der Waals surface area contributed by atoms with Gasteiger partial charge < -0.3 is 10.1 Å². The Morgan fingerprint density at radius 2 is 2.26 bits per heavy atom. The third-order valence-electron chi connectivity index (χ3n) is 2.86. The first kappa shape index (κ1) is 14.0. The molecule has 104 valence electrons. The molecule has 1 N–H and O–H groups in total. The number of rotatable bonds is 5. The van der Waals surface area contributed by atoms with Crippen LogP contribution in [0.5, 0.6) is 0 Å². The van der Waals surface area contributed by atoms with Crippen molar-refractivity contribution in [2.75, 3.05) is 44.7 Å². The quantitative estimate of drug-likeness (QED) is 0.651. The average Bonchev–Trinajstić information content (AvgIpc) is 2.41. The Morgan fingerprint density at radius 3 is 2.95 bits per heavy atom. The number of nitrogens with zero attached hydrogens (tertiary/aromatic N) is 3. The fraction of sp³-hybridized carbons (Fsp3) is 0.545. The first-order valence-electron chi connectivity index (χ1n) is 6.01. The molecular formula is C11H15ClN4O3. The van der Waals surface area contributed by atoms with Gasteiger partial charge >= 0.3 is 5.69 Å². The number of hydrogen-bond acceptors (Lipinski definition) is 6. The van der Waals surface area contributed by atoms with E-state index in [4.69, 9.17) is 16.3 Å². The summed E-state index contributed by atoms with van der Waals surface area (Å²) in [5.74, 6) is 0.252. The van der Waals surface area contributed by atoms with Crippen molar-refractivity contribution in [3.8, 4) is 0 Å². The zero-order valence-electron chi connectivity index (χ0n) is 10.3. The Balaban J connectivity index is 1.89. The normalized spacial score (nSPS) is 16.3. The molecule has 0 radical (unpaired) electrons. The molecule has 7 nitrogen and oxygen atoms in total. The van der Waals surface area contributed by atoms with Crippen molar-refractivity contribution in [3.63, 3.8) is 0 Å². The molecule has 8 heteroatoms. The van der Waals surface area contributed by atoms with Crippen LogP contribution in [0, 0.1) is 10.1 Å². The molecule has 0 atom stereocenters. The van der Waals surface area contributed by atoms with E-state index in [1.54, 1.807) is 0 Å². The van der Waals surface area contributed by atoms with E-state index >= 15 is 0 Å². The standard InChI is InChI=1S/C11H15ClN4O3/c12-9-7-10(16(17)18)11(14-8-9)13-1-2-15-3-5-19-6-4-15/h7-8H,1-6H2,(H,13,14). The van der Waals surface area contributed by atoms with Gasteiger partial charge in [0, 0.05) is 38.4 Å². The number of hydrogen-bond donors (Lipinski definition) is 1. The van der Waals surface area contributed by atoms with Gasteiger partial charge in [-0.2, -0.15) is 0 Å². The van der Waals surface area contributed by atoms with Crippen molar-refractivity contribution in [3.05, 3.63) is 27.4 Å². The summed E-state index contributed by atoms with van der Waals surface area (Å²) in [5, 5.41) is 14.1. The Hall–Kier alpha value is -1.44. The second kappa shape index (κ2) is 6.65. The predicted octanol–water partition coefficient (Wildman–Crippen LogP) is 1.39. The first-order chi connectivity index (χ1) is 9.16. The Kier molecular flexibility index (Phi) is 4.89. The second-order valence-corrected chi connectivity index (χ2v) is 4.60. The number of ether oxygens (including phenoxy) is 1. The molecule has 1 fully saturated rings. The van der Waals surface area contributed by atoms with E-state index in [9.17, 15) is 10.1 Å². The minimum atomic E-state index is -0.490. The van der Waals surface area contributed by atoms with Gasteiger partial charge in [0.25, 0.3) is 0 Å². The van der Waals surface area contributed by atoms with Crippen molar-refractivity contribution in [1.29, 1.82) is 0 Å². The van der Waals surface area contributed by atoms with Crippen molar-refractivity contribution in [2.24, 2.45) is 0 Å². The van der Waals surface area contributed by atoms with E-state index in [-0.39, 0.29) is 16.5 Å². The van der Waals surface area contributed by atoms with Crippen LogP contribution in [0.3, 0.4) is 0 Å². The van der Waals surface area contributed by atoms with Crippen LogP contribution in [0.2, 0.25) is 5.02 Å². The smallest absolute Gasteiger partial charge is 0.312 e. The van der Waals surface area contributed by atoms with Gasteiger partial charge in [-0.05, 0) is 0 Å². The van der Waals surface area contributed by atoms with Gasteiger partial charge in [0.15, 0.2) is 0 Å². The molecule has 0 aromatic carbocycles. The van der Waals surface area contributed by atoms with E-state index in [1.165, 1.54) is 12.3 Å². The summed E-state index contributed by atoms with van der Waals surface area (Å²) in [6.45, 7) is 4.63. The fourth-order valence-electron chi connectivity index (χ4n) is 1.86. The number of pyridine rings is 1. The molecule has 0 saturated carbocycles. The largest absolute Gasteiger partial charge is 0.379 e. The number of halogens is 1. The SMILES string of the molecule is O=[N+]([O-])c1cc(Cl)cnc1NCCN1CCOCC1. The lowest BCUT2D eigenvalue weighted by molar-refractivity contribution is -0.384. The summed E-state index contributed by atoms with van der Waals surface area (Å²) >= 11 is 5.70. The zero-order chi connectivity index (χ0) is 13.7. The highest BCUT2D eigenvalue weighted by Gasteiger charge is 2.16. The lowest BCUT2D eigenvalue weighted by Gasteiger charge is -2.26. The van der Waals surface area contributed by atoms with Gasteiger partial charge in [-0.25, -0.2) is 4.98 Å². The molecule has 0 aliphatic carbocycles. The van der Waals surface area contributed by atoms with Gasteiger partial charge in [-0.1, -0.05) is 11.6 Å². The van der Waals surface area contributed by atoms with Crippen LogP contribution in [0.15, 0.2) is 12.3 Å². The Bertz CT molecular complexity index is 452. The highest BCUT2D eigenvalue weighted by Crippen LogP contribution is 2.24. The molecule has 1 aromatic rings. The van der Waals surface area contributed by atoms with Crippen molar-refractivity contribution in [1.82, 2.24) is 9.88 Å². The summed E-state index contributed by atoms with van der Waals surface area (Å²) < 4.78 is 5.25. The number of morpholine rings is 1. The summed E-state index contributed by atoms with van der Waals surface area (Å²) in [6, 6.07) is 1.30. The topological polar surface area (TPSA) is 80.5 Å². The van der Waals surface area contributed by atoms with Crippen LogP contribution >= 0.6 is 11.6 Å². The molecule has 0 unspecified atom stereocenters.